The van der Waals surface area contributed by atoms with E-state index >= 15 is 0 Å². The normalized spacial score (nSPS) is 10.1. The quantitative estimate of drug-likeness (QED) is 0.555. The van der Waals surface area contributed by atoms with Gasteiger partial charge in [0.05, 0.1) is 6.42 Å². The molecule has 0 heterocycles. The van der Waals surface area contributed by atoms with Crippen molar-refractivity contribution in [3.63, 3.8) is 0 Å². The van der Waals surface area contributed by atoms with Crippen molar-refractivity contribution in [1.29, 1.82) is 0 Å². The first-order valence-corrected chi connectivity index (χ1v) is 8.84. The van der Waals surface area contributed by atoms with E-state index in [2.05, 4.69) is 23.6 Å². The Labute approximate surface area is 146 Å². The molecule has 1 aromatic carbocycles. The zero-order chi connectivity index (χ0) is 17.9. The highest BCUT2D eigenvalue weighted by atomic mass is 32.2. The Hall–Kier alpha value is -2.02. The molecule has 6 nitrogen and oxygen atoms in total. The number of esters is 1. The molecule has 0 aliphatic carbocycles. The second-order valence-electron chi connectivity index (χ2n) is 5.31. The smallest absolute Gasteiger partial charge is 0.321 e. The van der Waals surface area contributed by atoms with Crippen LogP contribution in [-0.2, 0) is 14.3 Å². The van der Waals surface area contributed by atoms with Gasteiger partial charge in [-0.1, -0.05) is 13.0 Å². The summed E-state index contributed by atoms with van der Waals surface area (Å²) in [5.41, 5.74) is 2.44. The van der Waals surface area contributed by atoms with Gasteiger partial charge in [-0.2, -0.15) is 0 Å². The number of imide groups is 1. The summed E-state index contributed by atoms with van der Waals surface area (Å²) in [6.45, 7) is 6.03. The van der Waals surface area contributed by atoms with Crippen LogP contribution < -0.4 is 10.6 Å². The van der Waals surface area contributed by atoms with Crippen LogP contribution in [0.1, 0.15) is 30.9 Å². The van der Waals surface area contributed by atoms with Gasteiger partial charge in [0.15, 0.2) is 6.61 Å². The molecule has 0 saturated carbocycles. The summed E-state index contributed by atoms with van der Waals surface area (Å²) in [5.74, 6) is -0.533. The molecule has 2 N–H and O–H groups in total. The zero-order valence-electron chi connectivity index (χ0n) is 14.3. The van der Waals surface area contributed by atoms with Crippen molar-refractivity contribution in [3.8, 4) is 0 Å². The number of hydrogen-bond donors (Lipinski definition) is 2. The highest BCUT2D eigenvalue weighted by molar-refractivity contribution is 7.99. The summed E-state index contributed by atoms with van der Waals surface area (Å²) in [6.07, 6.45) is 0.974. The minimum absolute atomic E-state index is 0.201. The Balaban J connectivity index is 2.20. The average molecular weight is 352 g/mol. The van der Waals surface area contributed by atoms with Crippen LogP contribution in [0.4, 0.5) is 4.79 Å². The van der Waals surface area contributed by atoms with Crippen molar-refractivity contribution in [2.75, 3.05) is 18.9 Å². The van der Waals surface area contributed by atoms with Gasteiger partial charge in [0, 0.05) is 17.2 Å². The number of hydrogen-bond acceptors (Lipinski definition) is 5. The van der Waals surface area contributed by atoms with E-state index in [1.54, 1.807) is 11.8 Å². The number of benzene rings is 1. The Morgan fingerprint density at radius 3 is 2.58 bits per heavy atom. The van der Waals surface area contributed by atoms with E-state index in [0.717, 1.165) is 11.3 Å². The molecule has 7 heteroatoms. The fraction of sp³-hybridized carbons (Fsp3) is 0.471. The molecule has 24 heavy (non-hydrogen) atoms. The predicted molar refractivity (Wildman–Crippen MR) is 94.0 cm³/mol. The lowest BCUT2D eigenvalue weighted by Gasteiger charge is -2.07. The van der Waals surface area contributed by atoms with Crippen LogP contribution in [0.25, 0.3) is 0 Å². The van der Waals surface area contributed by atoms with Gasteiger partial charge >= 0.3 is 12.0 Å². The Morgan fingerprint density at radius 1 is 1.17 bits per heavy atom. The molecule has 1 aromatic rings. The summed E-state index contributed by atoms with van der Waals surface area (Å²) >= 11 is 1.56. The van der Waals surface area contributed by atoms with Crippen LogP contribution in [-0.4, -0.2) is 36.8 Å². The number of thioether (sulfide) groups is 1. The minimum atomic E-state index is -0.640. The van der Waals surface area contributed by atoms with E-state index in [0.29, 0.717) is 12.3 Å². The summed E-state index contributed by atoms with van der Waals surface area (Å²) in [4.78, 5) is 35.4. The molecule has 0 aromatic heterocycles. The summed E-state index contributed by atoms with van der Waals surface area (Å²) in [6, 6.07) is 5.56. The van der Waals surface area contributed by atoms with Crippen LogP contribution in [0.2, 0.25) is 0 Å². The van der Waals surface area contributed by atoms with Gasteiger partial charge in [-0.15, -0.1) is 11.8 Å². The molecule has 0 aliphatic heterocycles. The number of aryl methyl sites for hydroxylation is 2. The van der Waals surface area contributed by atoms with Crippen molar-refractivity contribution in [1.82, 2.24) is 10.6 Å². The SMILES string of the molecule is CCCNC(=O)NC(=O)COC(=O)CCSc1ccc(C)c(C)c1. The van der Waals surface area contributed by atoms with E-state index in [1.165, 1.54) is 11.1 Å². The number of carbonyl (C=O) groups excluding carboxylic acids is 3. The standard InChI is InChI=1S/C17H24N2O4S/c1-4-8-18-17(22)19-15(20)11-23-16(21)7-9-24-14-6-5-12(2)13(3)10-14/h5-6,10H,4,7-9,11H2,1-3H3,(H2,18,19,20,22). The highest BCUT2D eigenvalue weighted by Crippen LogP contribution is 2.21. The number of amides is 3. The van der Waals surface area contributed by atoms with Crippen LogP contribution >= 0.6 is 11.8 Å². The third-order valence-corrected chi connectivity index (χ3v) is 4.20. The van der Waals surface area contributed by atoms with Gasteiger partial charge in [-0.25, -0.2) is 4.79 Å². The van der Waals surface area contributed by atoms with Crippen molar-refractivity contribution in [2.45, 2.75) is 38.5 Å². The fourth-order valence-corrected chi connectivity index (χ4v) is 2.65. The first kappa shape index (κ1) is 20.0. The number of rotatable bonds is 8. The van der Waals surface area contributed by atoms with Crippen LogP contribution in [0.15, 0.2) is 23.1 Å². The third-order valence-electron chi connectivity index (χ3n) is 3.21. The number of nitrogens with one attached hydrogen (secondary N) is 2. The van der Waals surface area contributed by atoms with Crippen molar-refractivity contribution < 1.29 is 19.1 Å². The van der Waals surface area contributed by atoms with Gasteiger partial charge in [0.25, 0.3) is 5.91 Å². The van der Waals surface area contributed by atoms with E-state index in [1.807, 2.05) is 26.0 Å². The Morgan fingerprint density at radius 2 is 1.92 bits per heavy atom. The topological polar surface area (TPSA) is 84.5 Å². The summed E-state index contributed by atoms with van der Waals surface area (Å²) < 4.78 is 4.85. The molecule has 0 bridgehead atoms. The summed E-state index contributed by atoms with van der Waals surface area (Å²) in [5, 5.41) is 4.59. The first-order valence-electron chi connectivity index (χ1n) is 7.85. The predicted octanol–water partition coefficient (Wildman–Crippen LogP) is 2.56. The van der Waals surface area contributed by atoms with E-state index in [4.69, 9.17) is 4.74 Å². The molecule has 0 atom stereocenters. The number of carbonyl (C=O) groups is 3. The fourth-order valence-electron chi connectivity index (χ4n) is 1.72. The van der Waals surface area contributed by atoms with Crippen LogP contribution in [0.3, 0.4) is 0 Å². The third kappa shape index (κ3) is 8.01. The van der Waals surface area contributed by atoms with E-state index in [-0.39, 0.29) is 6.42 Å². The van der Waals surface area contributed by atoms with Crippen molar-refractivity contribution in [2.24, 2.45) is 0 Å². The van der Waals surface area contributed by atoms with Gasteiger partial charge in [0.1, 0.15) is 0 Å². The molecular formula is C17H24N2O4S. The first-order chi connectivity index (χ1) is 11.4. The van der Waals surface area contributed by atoms with Gasteiger partial charge in [-0.3, -0.25) is 14.9 Å². The molecule has 0 saturated heterocycles. The number of ether oxygens (including phenoxy) is 1. The lowest BCUT2D eigenvalue weighted by atomic mass is 10.1. The Bertz CT molecular complexity index is 590. The van der Waals surface area contributed by atoms with E-state index in [9.17, 15) is 14.4 Å². The lowest BCUT2D eigenvalue weighted by Crippen LogP contribution is -2.41. The van der Waals surface area contributed by atoms with Crippen LogP contribution in [0, 0.1) is 13.8 Å². The number of urea groups is 1. The van der Waals surface area contributed by atoms with Crippen LogP contribution in [0.5, 0.6) is 0 Å². The average Bonchev–Trinajstić information content (AvgIpc) is 2.54. The van der Waals surface area contributed by atoms with E-state index < -0.39 is 24.5 Å². The molecule has 0 unspecified atom stereocenters. The van der Waals surface area contributed by atoms with Gasteiger partial charge in [-0.05, 0) is 43.5 Å². The molecular weight excluding hydrogens is 328 g/mol. The maximum Gasteiger partial charge on any atom is 0.321 e. The second kappa shape index (κ2) is 10.7. The molecule has 0 fully saturated rings. The van der Waals surface area contributed by atoms with Gasteiger partial charge < -0.3 is 10.1 Å². The molecule has 0 aliphatic rings. The maximum atomic E-state index is 11.6. The summed E-state index contributed by atoms with van der Waals surface area (Å²) in [7, 11) is 0. The maximum absolute atomic E-state index is 11.6. The second-order valence-corrected chi connectivity index (χ2v) is 6.48. The molecule has 3 amide bonds. The molecule has 0 radical (unpaired) electrons. The molecule has 1 rings (SSSR count). The Kier molecular flexibility index (Phi) is 8.93. The lowest BCUT2D eigenvalue weighted by molar-refractivity contribution is -0.147. The zero-order valence-corrected chi connectivity index (χ0v) is 15.1. The van der Waals surface area contributed by atoms with Crippen molar-refractivity contribution >= 4 is 29.7 Å². The largest absolute Gasteiger partial charge is 0.456 e. The molecule has 132 valence electrons. The minimum Gasteiger partial charge on any atom is -0.456 e. The van der Waals surface area contributed by atoms with Crippen molar-refractivity contribution in [3.05, 3.63) is 29.3 Å². The monoisotopic (exact) mass is 352 g/mol. The molecule has 0 spiro atoms. The highest BCUT2D eigenvalue weighted by Gasteiger charge is 2.10. The van der Waals surface area contributed by atoms with Gasteiger partial charge in [0.2, 0.25) is 0 Å².